The van der Waals surface area contributed by atoms with Crippen LogP contribution in [0.25, 0.3) is 0 Å². The van der Waals surface area contributed by atoms with E-state index in [0.717, 1.165) is 4.68 Å². The van der Waals surface area contributed by atoms with Crippen molar-refractivity contribution in [2.45, 2.75) is 13.1 Å². The number of nitrogens with zero attached hydrogens (tertiary/aromatic N) is 2. The molecule has 0 saturated carbocycles. The average Bonchev–Trinajstić information content (AvgIpc) is 2.15. The van der Waals surface area contributed by atoms with Crippen LogP contribution in [0.15, 0.2) is 0 Å². The van der Waals surface area contributed by atoms with Gasteiger partial charge in [-0.25, -0.2) is 0 Å². The molecule has 0 spiro atoms. The van der Waals surface area contributed by atoms with E-state index in [1.165, 1.54) is 14.0 Å². The maximum absolute atomic E-state index is 12.1. The van der Waals surface area contributed by atoms with Gasteiger partial charge in [0.15, 0.2) is 5.69 Å². The van der Waals surface area contributed by atoms with Crippen LogP contribution in [-0.2, 0) is 13.2 Å². The largest absolute Gasteiger partial charge is 0.435 e. The lowest BCUT2D eigenvalue weighted by molar-refractivity contribution is -0.141. The second-order valence-corrected chi connectivity index (χ2v) is 2.48. The summed E-state index contributed by atoms with van der Waals surface area (Å²) in [7, 11) is 1.37. The van der Waals surface area contributed by atoms with Gasteiger partial charge in [-0.1, -0.05) is 0 Å². The van der Waals surface area contributed by atoms with Crippen LogP contribution in [0.5, 0.6) is 0 Å². The summed E-state index contributed by atoms with van der Waals surface area (Å²) in [5.74, 6) is 0.0438. The Morgan fingerprint density at radius 1 is 1.42 bits per heavy atom. The first-order valence-corrected chi connectivity index (χ1v) is 3.20. The quantitative estimate of drug-likeness (QED) is 0.652. The van der Waals surface area contributed by atoms with Crippen LogP contribution in [0.3, 0.4) is 0 Å². The van der Waals surface area contributed by atoms with E-state index in [1.54, 1.807) is 0 Å². The molecule has 0 fully saturated rings. The minimum Gasteiger partial charge on any atom is -0.384 e. The number of halogens is 3. The van der Waals surface area contributed by atoms with E-state index in [2.05, 4.69) is 5.10 Å². The third kappa shape index (κ3) is 1.24. The molecule has 1 aromatic rings. The molecular weight excluding hydrogens is 171 g/mol. The van der Waals surface area contributed by atoms with Crippen LogP contribution in [0, 0.1) is 6.92 Å². The van der Waals surface area contributed by atoms with Crippen molar-refractivity contribution < 1.29 is 13.2 Å². The van der Waals surface area contributed by atoms with Crippen LogP contribution < -0.4 is 5.73 Å². The lowest BCUT2D eigenvalue weighted by atomic mass is 10.2. The topological polar surface area (TPSA) is 43.8 Å². The summed E-state index contributed by atoms with van der Waals surface area (Å²) >= 11 is 0. The van der Waals surface area contributed by atoms with E-state index in [0.29, 0.717) is 0 Å². The normalized spacial score (nSPS) is 12.1. The molecule has 1 rings (SSSR count). The summed E-state index contributed by atoms with van der Waals surface area (Å²) in [6.45, 7) is 1.30. The van der Waals surface area contributed by atoms with Crippen molar-refractivity contribution >= 4 is 5.82 Å². The minimum atomic E-state index is -4.42. The molecule has 12 heavy (non-hydrogen) atoms. The summed E-state index contributed by atoms with van der Waals surface area (Å²) < 4.78 is 37.3. The minimum absolute atomic E-state index is 0.0231. The molecule has 0 aliphatic rings. The molecule has 0 atom stereocenters. The van der Waals surface area contributed by atoms with Gasteiger partial charge in [0.1, 0.15) is 5.82 Å². The second kappa shape index (κ2) is 2.40. The van der Waals surface area contributed by atoms with Crippen LogP contribution in [-0.4, -0.2) is 9.78 Å². The molecule has 0 aliphatic heterocycles. The molecule has 1 aromatic heterocycles. The molecular formula is C6H8F3N3. The van der Waals surface area contributed by atoms with E-state index < -0.39 is 11.9 Å². The smallest absolute Gasteiger partial charge is 0.384 e. The number of nitrogens with two attached hydrogens (primary N) is 1. The summed E-state index contributed by atoms with van der Waals surface area (Å²) in [5.41, 5.74) is 4.36. The molecule has 0 saturated heterocycles. The number of anilines is 1. The number of hydrogen-bond donors (Lipinski definition) is 1. The highest BCUT2D eigenvalue weighted by atomic mass is 19.4. The van der Waals surface area contributed by atoms with Crippen LogP contribution in [0.2, 0.25) is 0 Å². The van der Waals surface area contributed by atoms with Gasteiger partial charge in [-0.3, -0.25) is 4.68 Å². The van der Waals surface area contributed by atoms with Gasteiger partial charge >= 0.3 is 6.18 Å². The van der Waals surface area contributed by atoms with Gasteiger partial charge in [0.05, 0.1) is 0 Å². The predicted octanol–water partition coefficient (Wildman–Crippen LogP) is 1.33. The van der Waals surface area contributed by atoms with Crippen LogP contribution in [0.1, 0.15) is 11.3 Å². The Bertz CT molecular complexity index is 300. The first-order chi connectivity index (χ1) is 5.34. The molecule has 0 aromatic carbocycles. The third-order valence-corrected chi connectivity index (χ3v) is 1.61. The molecule has 0 amide bonds. The average molecular weight is 179 g/mol. The highest BCUT2D eigenvalue weighted by Gasteiger charge is 2.36. The van der Waals surface area contributed by atoms with Gasteiger partial charge in [0.25, 0.3) is 0 Å². The van der Waals surface area contributed by atoms with Gasteiger partial charge < -0.3 is 5.73 Å². The molecule has 6 heteroatoms. The zero-order valence-electron chi connectivity index (χ0n) is 6.61. The zero-order chi connectivity index (χ0) is 9.52. The Kier molecular flexibility index (Phi) is 1.78. The fourth-order valence-electron chi connectivity index (χ4n) is 0.912. The lowest BCUT2D eigenvalue weighted by Crippen LogP contribution is -2.08. The van der Waals surface area contributed by atoms with Gasteiger partial charge in [-0.05, 0) is 6.92 Å². The van der Waals surface area contributed by atoms with E-state index in [9.17, 15) is 13.2 Å². The predicted molar refractivity (Wildman–Crippen MR) is 37.4 cm³/mol. The maximum Gasteiger partial charge on any atom is 0.435 e. The van der Waals surface area contributed by atoms with Crippen molar-refractivity contribution in [3.63, 3.8) is 0 Å². The monoisotopic (exact) mass is 179 g/mol. The third-order valence-electron chi connectivity index (χ3n) is 1.61. The Hall–Kier alpha value is -1.20. The van der Waals surface area contributed by atoms with Crippen molar-refractivity contribution in [1.82, 2.24) is 9.78 Å². The van der Waals surface area contributed by atoms with Crippen molar-refractivity contribution in [3.05, 3.63) is 11.3 Å². The molecule has 1 heterocycles. The highest BCUT2D eigenvalue weighted by Crippen LogP contribution is 2.32. The van der Waals surface area contributed by atoms with Gasteiger partial charge in [-0.15, -0.1) is 0 Å². The molecule has 0 unspecified atom stereocenters. The molecule has 3 nitrogen and oxygen atoms in total. The number of nitrogen functional groups attached to an aromatic ring is 1. The Morgan fingerprint density at radius 3 is 2.08 bits per heavy atom. The fraction of sp³-hybridized carbons (Fsp3) is 0.500. The van der Waals surface area contributed by atoms with Gasteiger partial charge in [-0.2, -0.15) is 18.3 Å². The highest BCUT2D eigenvalue weighted by molar-refractivity contribution is 5.42. The summed E-state index contributed by atoms with van der Waals surface area (Å²) in [5, 5.41) is 3.25. The number of hydrogen-bond acceptors (Lipinski definition) is 2. The second-order valence-electron chi connectivity index (χ2n) is 2.48. The SMILES string of the molecule is Cc1c(C(F)(F)F)nn(C)c1N. The zero-order valence-corrected chi connectivity index (χ0v) is 6.61. The van der Waals surface area contributed by atoms with E-state index >= 15 is 0 Å². The molecule has 68 valence electrons. The van der Waals surface area contributed by atoms with Gasteiger partial charge in [0, 0.05) is 12.6 Å². The molecule has 0 aliphatic carbocycles. The van der Waals surface area contributed by atoms with E-state index in [-0.39, 0.29) is 11.4 Å². The first kappa shape index (κ1) is 8.89. The Labute approximate surface area is 67.0 Å². The van der Waals surface area contributed by atoms with E-state index in [4.69, 9.17) is 5.73 Å². The fourth-order valence-corrected chi connectivity index (χ4v) is 0.912. The standard InChI is InChI=1S/C6H8F3N3/c1-3-4(6(7,8)9)11-12(2)5(3)10/h10H2,1-2H3. The molecule has 0 radical (unpaired) electrons. The number of rotatable bonds is 0. The molecule has 2 N–H and O–H groups in total. The van der Waals surface area contributed by atoms with Crippen molar-refractivity contribution in [1.29, 1.82) is 0 Å². The van der Waals surface area contributed by atoms with Crippen molar-refractivity contribution in [3.8, 4) is 0 Å². The molecule has 0 bridgehead atoms. The van der Waals surface area contributed by atoms with E-state index in [1.807, 2.05) is 0 Å². The Morgan fingerprint density at radius 2 is 1.92 bits per heavy atom. The van der Waals surface area contributed by atoms with Crippen LogP contribution in [0.4, 0.5) is 19.0 Å². The Balaban J connectivity index is 3.28. The number of alkyl halides is 3. The number of aryl methyl sites for hydroxylation is 1. The van der Waals surface area contributed by atoms with Crippen molar-refractivity contribution in [2.75, 3.05) is 5.73 Å². The summed E-state index contributed by atoms with van der Waals surface area (Å²) in [4.78, 5) is 0. The maximum atomic E-state index is 12.1. The van der Waals surface area contributed by atoms with Gasteiger partial charge in [0.2, 0.25) is 0 Å². The summed E-state index contributed by atoms with van der Waals surface area (Å²) in [6.07, 6.45) is -4.42. The van der Waals surface area contributed by atoms with Crippen molar-refractivity contribution in [2.24, 2.45) is 7.05 Å². The van der Waals surface area contributed by atoms with Crippen LogP contribution >= 0.6 is 0 Å². The first-order valence-electron chi connectivity index (χ1n) is 3.20. The number of aromatic nitrogens is 2. The summed E-state index contributed by atoms with van der Waals surface area (Å²) in [6, 6.07) is 0. The lowest BCUT2D eigenvalue weighted by Gasteiger charge is -2.01.